The van der Waals surface area contributed by atoms with Crippen LogP contribution < -0.4 is 4.57 Å². The third-order valence-electron chi connectivity index (χ3n) is 4.66. The molecule has 1 heteroatoms. The van der Waals surface area contributed by atoms with Gasteiger partial charge in [0.1, 0.15) is 7.05 Å². The molecule has 0 atom stereocenters. The molecule has 20 heavy (non-hydrogen) atoms. The number of rotatable bonds is 2. The van der Waals surface area contributed by atoms with Crippen LogP contribution in [0.2, 0.25) is 0 Å². The molecule has 104 valence electrons. The number of benzene rings is 1. The highest BCUT2D eigenvalue weighted by Gasteiger charge is 2.25. The predicted molar refractivity (Wildman–Crippen MR) is 83.6 cm³/mol. The molecule has 1 nitrogen and oxygen atoms in total. The summed E-state index contributed by atoms with van der Waals surface area (Å²) in [7, 11) is 2.17. The monoisotopic (exact) mass is 266 g/mol. The Morgan fingerprint density at radius 3 is 2.45 bits per heavy atom. The Morgan fingerprint density at radius 2 is 1.70 bits per heavy atom. The molecule has 0 unspecified atom stereocenters. The summed E-state index contributed by atoms with van der Waals surface area (Å²) in [6.07, 6.45) is 9.06. The highest BCUT2D eigenvalue weighted by molar-refractivity contribution is 5.64. The molecule has 2 aromatic rings. The van der Waals surface area contributed by atoms with Gasteiger partial charge in [-0.2, -0.15) is 0 Å². The fourth-order valence-corrected chi connectivity index (χ4v) is 3.56. The van der Waals surface area contributed by atoms with Gasteiger partial charge < -0.3 is 0 Å². The molecule has 1 fully saturated rings. The molecular formula is C19H24N+. The normalized spacial score (nSPS) is 16.3. The van der Waals surface area contributed by atoms with Crippen molar-refractivity contribution in [2.45, 2.75) is 44.9 Å². The van der Waals surface area contributed by atoms with E-state index in [0.717, 1.165) is 5.92 Å². The highest BCUT2D eigenvalue weighted by atomic mass is 14.9. The van der Waals surface area contributed by atoms with Crippen LogP contribution in [0.4, 0.5) is 0 Å². The van der Waals surface area contributed by atoms with Crippen molar-refractivity contribution in [1.29, 1.82) is 0 Å². The van der Waals surface area contributed by atoms with Crippen LogP contribution >= 0.6 is 0 Å². The summed E-state index contributed by atoms with van der Waals surface area (Å²) < 4.78 is 2.30. The summed E-state index contributed by atoms with van der Waals surface area (Å²) in [6.45, 7) is 2.22. The quantitative estimate of drug-likeness (QED) is 0.703. The molecule has 1 aromatic carbocycles. The van der Waals surface area contributed by atoms with Gasteiger partial charge in [0.15, 0.2) is 6.20 Å². The Balaban J connectivity index is 2.12. The summed E-state index contributed by atoms with van der Waals surface area (Å²) in [5, 5.41) is 0. The number of hydrogen-bond donors (Lipinski definition) is 0. The molecule has 1 aliphatic rings. The average molecular weight is 266 g/mol. The lowest BCUT2D eigenvalue weighted by molar-refractivity contribution is -0.660. The number of aromatic nitrogens is 1. The van der Waals surface area contributed by atoms with Gasteiger partial charge in [-0.3, -0.25) is 0 Å². The minimum Gasteiger partial charge on any atom is -0.201 e. The number of pyridine rings is 1. The smallest absolute Gasteiger partial charge is 0.201 e. The van der Waals surface area contributed by atoms with Crippen LogP contribution in [0.3, 0.4) is 0 Å². The van der Waals surface area contributed by atoms with Crippen molar-refractivity contribution < 1.29 is 4.57 Å². The first kappa shape index (κ1) is 13.4. The van der Waals surface area contributed by atoms with Gasteiger partial charge in [0.2, 0.25) is 5.69 Å². The van der Waals surface area contributed by atoms with E-state index < -0.39 is 0 Å². The van der Waals surface area contributed by atoms with E-state index in [1.165, 1.54) is 48.9 Å². The van der Waals surface area contributed by atoms with Crippen LogP contribution in [0.5, 0.6) is 0 Å². The first-order valence-corrected chi connectivity index (χ1v) is 7.82. The number of nitrogens with zero attached hydrogens (tertiary/aromatic N) is 1. The van der Waals surface area contributed by atoms with Gasteiger partial charge in [-0.15, -0.1) is 0 Å². The van der Waals surface area contributed by atoms with Crippen LogP contribution in [0.25, 0.3) is 11.3 Å². The fraction of sp³-hybridized carbons (Fsp3) is 0.421. The van der Waals surface area contributed by atoms with E-state index in [4.69, 9.17) is 0 Å². The zero-order valence-electron chi connectivity index (χ0n) is 12.6. The van der Waals surface area contributed by atoms with Crippen molar-refractivity contribution in [1.82, 2.24) is 0 Å². The molecule has 0 spiro atoms. The Hall–Kier alpha value is -1.63. The van der Waals surface area contributed by atoms with E-state index in [9.17, 15) is 0 Å². The van der Waals surface area contributed by atoms with E-state index in [1.807, 2.05) is 0 Å². The summed E-state index contributed by atoms with van der Waals surface area (Å²) in [6, 6.07) is 13.3. The molecule has 1 heterocycles. The zero-order valence-corrected chi connectivity index (χ0v) is 12.6. The predicted octanol–water partition coefficient (Wildman–Crippen LogP) is 4.53. The lowest BCUT2D eigenvalue weighted by Gasteiger charge is -2.23. The topological polar surface area (TPSA) is 3.88 Å². The molecule has 1 aromatic heterocycles. The van der Waals surface area contributed by atoms with Crippen LogP contribution in [0.15, 0.2) is 42.6 Å². The van der Waals surface area contributed by atoms with Crippen molar-refractivity contribution in [3.8, 4) is 11.3 Å². The standard InChI is InChI=1S/C19H24N/c1-15-9-6-7-12-17(15)19-18(13-8-14-20(19)2)16-10-4-3-5-11-16/h6-9,12-14,16H,3-5,10-11H2,1-2H3/q+1. The maximum Gasteiger partial charge on any atom is 0.216 e. The summed E-state index contributed by atoms with van der Waals surface area (Å²) in [5.41, 5.74) is 5.71. The van der Waals surface area contributed by atoms with Crippen LogP contribution in [-0.2, 0) is 7.05 Å². The van der Waals surface area contributed by atoms with Crippen molar-refractivity contribution in [3.63, 3.8) is 0 Å². The molecular weight excluding hydrogens is 242 g/mol. The van der Waals surface area contributed by atoms with Gasteiger partial charge >= 0.3 is 0 Å². The van der Waals surface area contributed by atoms with E-state index in [0.29, 0.717) is 0 Å². The minimum absolute atomic E-state index is 0.741. The van der Waals surface area contributed by atoms with Gasteiger partial charge in [0.05, 0.1) is 0 Å². The summed E-state index contributed by atoms with van der Waals surface area (Å²) in [4.78, 5) is 0. The van der Waals surface area contributed by atoms with Gasteiger partial charge in [0.25, 0.3) is 0 Å². The molecule has 0 amide bonds. The lowest BCUT2D eigenvalue weighted by atomic mass is 9.82. The van der Waals surface area contributed by atoms with Crippen molar-refractivity contribution in [2.24, 2.45) is 7.05 Å². The molecule has 0 radical (unpaired) electrons. The van der Waals surface area contributed by atoms with Gasteiger partial charge in [-0.05, 0) is 43.4 Å². The number of aryl methyl sites for hydroxylation is 2. The minimum atomic E-state index is 0.741. The van der Waals surface area contributed by atoms with Crippen molar-refractivity contribution in [3.05, 3.63) is 53.7 Å². The number of hydrogen-bond acceptors (Lipinski definition) is 0. The van der Waals surface area contributed by atoms with E-state index >= 15 is 0 Å². The average Bonchev–Trinajstić information content (AvgIpc) is 2.49. The first-order valence-electron chi connectivity index (χ1n) is 7.82. The third kappa shape index (κ3) is 2.49. The fourth-order valence-electron chi connectivity index (χ4n) is 3.56. The second-order valence-corrected chi connectivity index (χ2v) is 6.07. The van der Waals surface area contributed by atoms with Crippen LogP contribution in [0, 0.1) is 6.92 Å². The molecule has 0 N–H and O–H groups in total. The molecule has 0 saturated heterocycles. The summed E-state index contributed by atoms with van der Waals surface area (Å²) in [5.74, 6) is 0.741. The summed E-state index contributed by atoms with van der Waals surface area (Å²) >= 11 is 0. The van der Waals surface area contributed by atoms with Gasteiger partial charge in [-0.1, -0.05) is 37.5 Å². The third-order valence-corrected chi connectivity index (χ3v) is 4.66. The lowest BCUT2D eigenvalue weighted by Crippen LogP contribution is -2.32. The maximum atomic E-state index is 2.35. The second-order valence-electron chi connectivity index (χ2n) is 6.07. The largest absolute Gasteiger partial charge is 0.216 e. The van der Waals surface area contributed by atoms with Crippen molar-refractivity contribution in [2.75, 3.05) is 0 Å². The SMILES string of the molecule is Cc1ccccc1-c1c(C2CCCCC2)ccc[n+]1C. The molecule has 0 bridgehead atoms. The molecule has 1 saturated carbocycles. The Labute approximate surface area is 122 Å². The van der Waals surface area contributed by atoms with E-state index in [2.05, 4.69) is 61.1 Å². The Bertz CT molecular complexity index is 594. The van der Waals surface area contributed by atoms with Crippen molar-refractivity contribution >= 4 is 0 Å². The molecule has 3 rings (SSSR count). The Kier molecular flexibility index (Phi) is 3.86. The first-order chi connectivity index (χ1) is 9.77. The van der Waals surface area contributed by atoms with Crippen LogP contribution in [0.1, 0.15) is 49.1 Å². The van der Waals surface area contributed by atoms with Gasteiger partial charge in [-0.25, -0.2) is 4.57 Å². The second kappa shape index (κ2) is 5.78. The molecule has 1 aliphatic carbocycles. The van der Waals surface area contributed by atoms with Crippen LogP contribution in [-0.4, -0.2) is 0 Å². The molecule has 0 aliphatic heterocycles. The highest BCUT2D eigenvalue weighted by Crippen LogP contribution is 2.37. The van der Waals surface area contributed by atoms with Gasteiger partial charge in [0, 0.05) is 17.2 Å². The maximum absolute atomic E-state index is 2.35. The van der Waals surface area contributed by atoms with E-state index in [-0.39, 0.29) is 0 Å². The Morgan fingerprint density at radius 1 is 0.950 bits per heavy atom. The zero-order chi connectivity index (χ0) is 13.9. The van der Waals surface area contributed by atoms with E-state index in [1.54, 1.807) is 5.56 Å².